The molecule has 0 saturated heterocycles. The third-order valence-electron chi connectivity index (χ3n) is 2.24. The van der Waals surface area contributed by atoms with Gasteiger partial charge in [0.15, 0.2) is 17.5 Å². The van der Waals surface area contributed by atoms with E-state index in [1.165, 1.54) is 12.1 Å². The molecule has 6 heteroatoms. The maximum Gasteiger partial charge on any atom is 0.343 e. The van der Waals surface area contributed by atoms with E-state index in [9.17, 15) is 18.0 Å². The molecule has 0 aliphatic rings. The van der Waals surface area contributed by atoms with Crippen LogP contribution in [-0.4, -0.2) is 5.97 Å². The van der Waals surface area contributed by atoms with Gasteiger partial charge in [0, 0.05) is 3.57 Å². The van der Waals surface area contributed by atoms with Gasteiger partial charge in [-0.2, -0.15) is 0 Å². The Labute approximate surface area is 120 Å². The summed E-state index contributed by atoms with van der Waals surface area (Å²) >= 11 is 2.07. The number of hydrogen-bond acceptors (Lipinski definition) is 2. The summed E-state index contributed by atoms with van der Waals surface area (Å²) in [5, 5.41) is 0. The van der Waals surface area contributed by atoms with Crippen molar-refractivity contribution >= 4 is 28.6 Å². The topological polar surface area (TPSA) is 26.3 Å². The second-order valence-corrected chi connectivity index (χ2v) is 4.84. The second kappa shape index (κ2) is 5.60. The summed E-state index contributed by atoms with van der Waals surface area (Å²) in [5.74, 6) is -5.22. The first kappa shape index (κ1) is 13.9. The van der Waals surface area contributed by atoms with Crippen molar-refractivity contribution in [1.82, 2.24) is 0 Å². The van der Waals surface area contributed by atoms with Crippen LogP contribution in [0.5, 0.6) is 5.75 Å². The molecule has 19 heavy (non-hydrogen) atoms. The lowest BCUT2D eigenvalue weighted by Crippen LogP contribution is -2.10. The largest absolute Gasteiger partial charge is 0.423 e. The predicted molar refractivity (Wildman–Crippen MR) is 70.4 cm³/mol. The lowest BCUT2D eigenvalue weighted by atomic mass is 10.2. The van der Waals surface area contributed by atoms with E-state index in [0.717, 1.165) is 3.57 Å². The van der Waals surface area contributed by atoms with Gasteiger partial charge in [0.05, 0.1) is 5.56 Å². The maximum atomic E-state index is 13.0. The Morgan fingerprint density at radius 2 is 1.53 bits per heavy atom. The van der Waals surface area contributed by atoms with Gasteiger partial charge in [0.1, 0.15) is 5.75 Å². The fourth-order valence-corrected chi connectivity index (χ4v) is 1.70. The Bertz CT molecular complexity index is 603. The Morgan fingerprint density at radius 1 is 1.00 bits per heavy atom. The average Bonchev–Trinajstić information content (AvgIpc) is 2.38. The zero-order valence-electron chi connectivity index (χ0n) is 9.29. The molecule has 0 fully saturated rings. The van der Waals surface area contributed by atoms with Gasteiger partial charge in [-0.05, 0) is 59.0 Å². The maximum absolute atomic E-state index is 13.0. The van der Waals surface area contributed by atoms with Crippen LogP contribution in [0.15, 0.2) is 36.4 Å². The van der Waals surface area contributed by atoms with Crippen LogP contribution in [0.25, 0.3) is 0 Å². The molecule has 2 aromatic rings. The summed E-state index contributed by atoms with van der Waals surface area (Å²) < 4.78 is 44.5. The van der Waals surface area contributed by atoms with E-state index in [4.69, 9.17) is 4.74 Å². The zero-order valence-corrected chi connectivity index (χ0v) is 11.4. The summed E-state index contributed by atoms with van der Waals surface area (Å²) in [4.78, 5) is 11.6. The van der Waals surface area contributed by atoms with Crippen LogP contribution in [0, 0.1) is 21.0 Å². The van der Waals surface area contributed by atoms with Gasteiger partial charge in [-0.25, -0.2) is 18.0 Å². The molecule has 2 nitrogen and oxygen atoms in total. The molecular formula is C13H6F3IO2. The smallest absolute Gasteiger partial charge is 0.343 e. The number of carbonyl (C=O) groups excluding carboxylic acids is 1. The Morgan fingerprint density at radius 3 is 2.05 bits per heavy atom. The van der Waals surface area contributed by atoms with Crippen LogP contribution in [-0.2, 0) is 0 Å². The van der Waals surface area contributed by atoms with Crippen LogP contribution in [0.1, 0.15) is 10.4 Å². The third kappa shape index (κ3) is 3.25. The first-order valence-electron chi connectivity index (χ1n) is 5.09. The number of benzene rings is 2. The minimum Gasteiger partial charge on any atom is -0.423 e. The van der Waals surface area contributed by atoms with Gasteiger partial charge in [-0.1, -0.05) is 0 Å². The van der Waals surface area contributed by atoms with E-state index in [0.29, 0.717) is 12.1 Å². The van der Waals surface area contributed by atoms with E-state index >= 15 is 0 Å². The molecule has 0 saturated carbocycles. The first-order valence-corrected chi connectivity index (χ1v) is 6.17. The number of carbonyl (C=O) groups is 1. The minimum absolute atomic E-state index is 0.232. The molecule has 0 N–H and O–H groups in total. The van der Waals surface area contributed by atoms with Gasteiger partial charge in [0.2, 0.25) is 0 Å². The van der Waals surface area contributed by atoms with Crippen LogP contribution >= 0.6 is 22.6 Å². The van der Waals surface area contributed by atoms with Gasteiger partial charge in [-0.15, -0.1) is 0 Å². The Balaban J connectivity index is 2.23. The van der Waals surface area contributed by atoms with Crippen LogP contribution in [0.4, 0.5) is 13.2 Å². The van der Waals surface area contributed by atoms with Gasteiger partial charge < -0.3 is 4.74 Å². The van der Waals surface area contributed by atoms with Crippen molar-refractivity contribution in [3.05, 3.63) is 63.0 Å². The van der Waals surface area contributed by atoms with Crippen molar-refractivity contribution in [1.29, 1.82) is 0 Å². The molecule has 0 heterocycles. The number of esters is 1. The summed E-state index contributed by atoms with van der Waals surface area (Å²) in [6.45, 7) is 0. The molecule has 0 radical (unpaired) electrons. The molecule has 0 atom stereocenters. The van der Waals surface area contributed by atoms with Crippen molar-refractivity contribution in [2.75, 3.05) is 0 Å². The molecule has 0 amide bonds. The zero-order chi connectivity index (χ0) is 14.0. The monoisotopic (exact) mass is 378 g/mol. The minimum atomic E-state index is -1.62. The molecule has 2 rings (SSSR count). The highest BCUT2D eigenvalue weighted by Gasteiger charge is 2.16. The van der Waals surface area contributed by atoms with Crippen LogP contribution < -0.4 is 4.74 Å². The number of halogens is 4. The van der Waals surface area contributed by atoms with Crippen molar-refractivity contribution in [3.63, 3.8) is 0 Å². The molecule has 0 bridgehead atoms. The Hall–Kier alpha value is -1.57. The van der Waals surface area contributed by atoms with E-state index in [2.05, 4.69) is 22.6 Å². The van der Waals surface area contributed by atoms with Crippen molar-refractivity contribution in [2.45, 2.75) is 0 Å². The van der Waals surface area contributed by atoms with Gasteiger partial charge in [0.25, 0.3) is 0 Å². The van der Waals surface area contributed by atoms with E-state index < -0.39 is 29.0 Å². The Kier molecular flexibility index (Phi) is 4.08. The first-order chi connectivity index (χ1) is 8.97. The molecule has 2 aromatic carbocycles. The fourth-order valence-electron chi connectivity index (χ4n) is 1.34. The molecular weight excluding hydrogens is 372 g/mol. The van der Waals surface area contributed by atoms with Crippen molar-refractivity contribution in [3.8, 4) is 5.75 Å². The fraction of sp³-hybridized carbons (Fsp3) is 0. The number of hydrogen-bond donors (Lipinski definition) is 0. The number of rotatable bonds is 2. The summed E-state index contributed by atoms with van der Waals surface area (Å²) in [7, 11) is 0. The standard InChI is InChI=1S/C13H6F3IO2/c14-10-5-7(6-11(15)12(10)16)13(18)19-9-3-1-8(17)2-4-9/h1-6H. The number of ether oxygens (including phenoxy) is 1. The second-order valence-electron chi connectivity index (χ2n) is 3.60. The normalized spacial score (nSPS) is 10.3. The molecule has 0 aromatic heterocycles. The van der Waals surface area contributed by atoms with E-state index in [1.54, 1.807) is 12.1 Å². The summed E-state index contributed by atoms with van der Waals surface area (Å²) in [6, 6.07) is 7.66. The van der Waals surface area contributed by atoms with E-state index in [1.807, 2.05) is 0 Å². The van der Waals surface area contributed by atoms with Crippen molar-refractivity contribution in [2.24, 2.45) is 0 Å². The molecule has 98 valence electrons. The van der Waals surface area contributed by atoms with Crippen LogP contribution in [0.3, 0.4) is 0 Å². The quantitative estimate of drug-likeness (QED) is 0.343. The summed E-state index contributed by atoms with van der Waals surface area (Å²) in [6.07, 6.45) is 0. The third-order valence-corrected chi connectivity index (χ3v) is 2.96. The lowest BCUT2D eigenvalue weighted by Gasteiger charge is -2.05. The average molecular weight is 378 g/mol. The molecule has 0 aliphatic heterocycles. The van der Waals surface area contributed by atoms with E-state index in [-0.39, 0.29) is 5.75 Å². The lowest BCUT2D eigenvalue weighted by molar-refractivity contribution is 0.0733. The van der Waals surface area contributed by atoms with Crippen molar-refractivity contribution < 1.29 is 22.7 Å². The van der Waals surface area contributed by atoms with Gasteiger partial charge in [-0.3, -0.25) is 0 Å². The highest BCUT2D eigenvalue weighted by atomic mass is 127. The molecule has 0 spiro atoms. The SMILES string of the molecule is O=C(Oc1ccc(I)cc1)c1cc(F)c(F)c(F)c1. The van der Waals surface area contributed by atoms with Gasteiger partial charge >= 0.3 is 5.97 Å². The van der Waals surface area contributed by atoms with Crippen LogP contribution in [0.2, 0.25) is 0 Å². The highest BCUT2D eigenvalue weighted by Crippen LogP contribution is 2.18. The molecule has 0 aliphatic carbocycles. The highest BCUT2D eigenvalue weighted by molar-refractivity contribution is 14.1. The predicted octanol–water partition coefficient (Wildman–Crippen LogP) is 3.93. The molecule has 0 unspecified atom stereocenters. The summed E-state index contributed by atoms with van der Waals surface area (Å²) in [5.41, 5.74) is -0.394.